The molecule has 0 aliphatic carbocycles. The molecule has 2 saturated heterocycles. The molecule has 6 nitrogen and oxygen atoms in total. The highest BCUT2D eigenvalue weighted by Gasteiger charge is 2.46. The second-order valence-electron chi connectivity index (χ2n) is 6.68. The van der Waals surface area contributed by atoms with Crippen molar-refractivity contribution in [2.75, 3.05) is 24.5 Å². The summed E-state index contributed by atoms with van der Waals surface area (Å²) in [6.07, 6.45) is 0.858. The number of carboxylic acids is 1. The number of nitrogens with zero attached hydrogens (tertiary/aromatic N) is 2. The van der Waals surface area contributed by atoms with Gasteiger partial charge in [0.25, 0.3) is 0 Å². The number of anilines is 1. The largest absolute Gasteiger partial charge is 0.481 e. The third-order valence-corrected chi connectivity index (χ3v) is 5.20. The lowest BCUT2D eigenvalue weighted by molar-refractivity contribution is -0.147. The molecule has 2 heterocycles. The van der Waals surface area contributed by atoms with E-state index >= 15 is 0 Å². The van der Waals surface area contributed by atoms with E-state index in [0.29, 0.717) is 31.0 Å². The number of carbonyl (C=O) groups is 3. The Morgan fingerprint density at radius 2 is 1.92 bits per heavy atom. The number of carbonyl (C=O) groups excluding carboxylic acids is 2. The third kappa shape index (κ3) is 2.86. The van der Waals surface area contributed by atoms with Gasteiger partial charge in [-0.3, -0.25) is 14.4 Å². The highest BCUT2D eigenvalue weighted by atomic mass is 35.5. The molecule has 7 heteroatoms. The molecule has 1 N–H and O–H groups in total. The zero-order valence-corrected chi connectivity index (χ0v) is 14.1. The summed E-state index contributed by atoms with van der Waals surface area (Å²) in [4.78, 5) is 39.7. The highest BCUT2D eigenvalue weighted by molar-refractivity contribution is 6.30. The van der Waals surface area contributed by atoms with E-state index in [-0.39, 0.29) is 18.4 Å². The van der Waals surface area contributed by atoms with E-state index in [1.807, 2.05) is 0 Å². The van der Waals surface area contributed by atoms with Crippen LogP contribution in [-0.4, -0.2) is 47.4 Å². The van der Waals surface area contributed by atoms with Crippen LogP contribution in [-0.2, 0) is 14.4 Å². The molecule has 1 aromatic rings. The molecule has 0 spiro atoms. The number of aliphatic carboxylic acids is 1. The summed E-state index contributed by atoms with van der Waals surface area (Å²) < 4.78 is 0. The minimum atomic E-state index is -0.923. The van der Waals surface area contributed by atoms with Crippen molar-refractivity contribution < 1.29 is 19.5 Å². The monoisotopic (exact) mass is 350 g/mol. The van der Waals surface area contributed by atoms with Crippen LogP contribution in [0.1, 0.15) is 19.8 Å². The van der Waals surface area contributed by atoms with Gasteiger partial charge in [0.05, 0.1) is 5.41 Å². The molecule has 0 radical (unpaired) electrons. The fraction of sp³-hybridized carbons (Fsp3) is 0.471. The lowest BCUT2D eigenvalue weighted by Crippen LogP contribution is -2.41. The third-order valence-electron chi connectivity index (χ3n) is 4.94. The van der Waals surface area contributed by atoms with Crippen LogP contribution in [0.5, 0.6) is 0 Å². The van der Waals surface area contributed by atoms with Gasteiger partial charge < -0.3 is 14.9 Å². The van der Waals surface area contributed by atoms with Crippen molar-refractivity contribution in [2.45, 2.75) is 19.8 Å². The maximum atomic E-state index is 12.7. The Bertz CT molecular complexity index is 690. The van der Waals surface area contributed by atoms with E-state index in [2.05, 4.69) is 0 Å². The van der Waals surface area contributed by atoms with Crippen molar-refractivity contribution in [1.82, 2.24) is 4.90 Å². The van der Waals surface area contributed by atoms with Gasteiger partial charge in [-0.2, -0.15) is 0 Å². The van der Waals surface area contributed by atoms with Crippen LogP contribution < -0.4 is 4.90 Å². The zero-order valence-electron chi connectivity index (χ0n) is 13.4. The minimum Gasteiger partial charge on any atom is -0.481 e. The fourth-order valence-corrected chi connectivity index (χ4v) is 3.46. The molecule has 1 aromatic carbocycles. The number of hydrogen-bond donors (Lipinski definition) is 1. The topological polar surface area (TPSA) is 77.9 Å². The molecular formula is C17H19ClN2O4. The Morgan fingerprint density at radius 1 is 1.25 bits per heavy atom. The molecular weight excluding hydrogens is 332 g/mol. The first-order valence-electron chi connectivity index (χ1n) is 7.91. The van der Waals surface area contributed by atoms with Crippen molar-refractivity contribution in [2.24, 2.45) is 11.3 Å². The first kappa shape index (κ1) is 16.8. The van der Waals surface area contributed by atoms with Crippen LogP contribution in [0.4, 0.5) is 5.69 Å². The molecule has 2 aliphatic heterocycles. The van der Waals surface area contributed by atoms with E-state index in [4.69, 9.17) is 11.6 Å². The first-order chi connectivity index (χ1) is 11.3. The Labute approximate surface area is 145 Å². The zero-order chi connectivity index (χ0) is 17.5. The molecule has 0 saturated carbocycles. The first-order valence-corrected chi connectivity index (χ1v) is 8.29. The van der Waals surface area contributed by atoms with Crippen molar-refractivity contribution in [3.05, 3.63) is 29.3 Å². The Hall–Kier alpha value is -2.08. The van der Waals surface area contributed by atoms with E-state index in [1.54, 1.807) is 36.1 Å². The predicted octanol–water partition coefficient (Wildman–Crippen LogP) is 2.02. The Kier molecular flexibility index (Phi) is 4.25. The van der Waals surface area contributed by atoms with Crippen molar-refractivity contribution in [3.8, 4) is 0 Å². The van der Waals surface area contributed by atoms with Crippen molar-refractivity contribution in [3.63, 3.8) is 0 Å². The Balaban J connectivity index is 1.70. The molecule has 0 aromatic heterocycles. The summed E-state index contributed by atoms with van der Waals surface area (Å²) in [6.45, 7) is 2.65. The van der Waals surface area contributed by atoms with Crippen LogP contribution >= 0.6 is 11.6 Å². The maximum absolute atomic E-state index is 12.7. The van der Waals surface area contributed by atoms with Crippen molar-refractivity contribution >= 4 is 35.1 Å². The maximum Gasteiger partial charge on any atom is 0.311 e. The van der Waals surface area contributed by atoms with Gasteiger partial charge in [-0.15, -0.1) is 0 Å². The van der Waals surface area contributed by atoms with Crippen LogP contribution in [0.15, 0.2) is 24.3 Å². The fourth-order valence-electron chi connectivity index (χ4n) is 3.33. The Morgan fingerprint density at radius 3 is 2.50 bits per heavy atom. The molecule has 3 rings (SSSR count). The number of hydrogen-bond acceptors (Lipinski definition) is 3. The lowest BCUT2D eigenvalue weighted by Gasteiger charge is -2.22. The quantitative estimate of drug-likeness (QED) is 0.846. The van der Waals surface area contributed by atoms with Gasteiger partial charge in [0.1, 0.15) is 5.92 Å². The van der Waals surface area contributed by atoms with E-state index in [0.717, 1.165) is 5.69 Å². The number of rotatable bonds is 3. The average molecular weight is 351 g/mol. The highest BCUT2D eigenvalue weighted by Crippen LogP contribution is 2.33. The van der Waals surface area contributed by atoms with Crippen LogP contribution in [0.3, 0.4) is 0 Å². The van der Waals surface area contributed by atoms with Crippen LogP contribution in [0.2, 0.25) is 5.02 Å². The predicted molar refractivity (Wildman–Crippen MR) is 88.9 cm³/mol. The molecule has 0 bridgehead atoms. The molecule has 128 valence electrons. The van der Waals surface area contributed by atoms with Crippen LogP contribution in [0.25, 0.3) is 0 Å². The number of amides is 2. The van der Waals surface area contributed by atoms with Crippen molar-refractivity contribution in [1.29, 1.82) is 0 Å². The van der Waals surface area contributed by atoms with Gasteiger partial charge in [-0.25, -0.2) is 0 Å². The summed E-state index contributed by atoms with van der Waals surface area (Å²) >= 11 is 5.86. The summed E-state index contributed by atoms with van der Waals surface area (Å²) in [6, 6.07) is 6.92. The van der Waals surface area contributed by atoms with Gasteiger partial charge in [0.2, 0.25) is 11.8 Å². The second kappa shape index (κ2) is 6.09. The summed E-state index contributed by atoms with van der Waals surface area (Å²) in [7, 11) is 0. The molecule has 2 atom stereocenters. The standard InChI is InChI=1S/C17H19ClN2O4/c1-17(16(23)24)7-9-19(10-17)14(21)13-6-8-20(15(13)22)12-4-2-11(18)3-5-12/h2-5,13H,6-10H2,1H3,(H,23,24)/t13-,17-/m0/s1. The van der Waals surface area contributed by atoms with Gasteiger partial charge in [0.15, 0.2) is 0 Å². The molecule has 0 unspecified atom stereocenters. The van der Waals surface area contributed by atoms with Crippen LogP contribution in [0, 0.1) is 11.3 Å². The lowest BCUT2D eigenvalue weighted by atomic mass is 9.90. The molecule has 2 amide bonds. The van der Waals surface area contributed by atoms with Gasteiger partial charge >= 0.3 is 5.97 Å². The number of carboxylic acid groups (broad SMARTS) is 1. The average Bonchev–Trinajstić information content (AvgIpc) is 3.12. The minimum absolute atomic E-state index is 0.159. The number of halogens is 1. The molecule has 2 aliphatic rings. The summed E-state index contributed by atoms with van der Waals surface area (Å²) in [5.74, 6) is -2.12. The van der Waals surface area contributed by atoms with E-state index in [9.17, 15) is 19.5 Å². The van der Waals surface area contributed by atoms with E-state index < -0.39 is 17.3 Å². The number of benzene rings is 1. The molecule has 2 fully saturated rings. The normalized spacial score (nSPS) is 26.9. The smallest absolute Gasteiger partial charge is 0.311 e. The molecule has 24 heavy (non-hydrogen) atoms. The number of likely N-dealkylation sites (tertiary alicyclic amines) is 1. The van der Waals surface area contributed by atoms with Gasteiger partial charge in [-0.1, -0.05) is 11.6 Å². The van der Waals surface area contributed by atoms with Gasteiger partial charge in [0, 0.05) is 30.3 Å². The second-order valence-corrected chi connectivity index (χ2v) is 7.12. The SMILES string of the molecule is C[C@]1(C(=O)O)CCN(C(=O)[C@@H]2CCN(c3ccc(Cl)cc3)C2=O)C1. The summed E-state index contributed by atoms with van der Waals surface area (Å²) in [5, 5.41) is 9.86. The van der Waals surface area contributed by atoms with Gasteiger partial charge in [-0.05, 0) is 44.0 Å². The summed E-state index contributed by atoms with van der Waals surface area (Å²) in [5.41, 5.74) is -0.204. The van der Waals surface area contributed by atoms with E-state index in [1.165, 1.54) is 4.90 Å².